The van der Waals surface area contributed by atoms with E-state index in [0.29, 0.717) is 5.92 Å². The summed E-state index contributed by atoms with van der Waals surface area (Å²) in [6, 6.07) is 61.4. The minimum Gasteiger partial charge on any atom is -0.309 e. The number of nitrogens with zero attached hydrogens (tertiary/aromatic N) is 1. The van der Waals surface area contributed by atoms with Gasteiger partial charge in [0, 0.05) is 22.2 Å². The molecule has 0 heterocycles. The molecule has 10 rings (SSSR count). The molecule has 0 radical (unpaired) electrons. The zero-order valence-electron chi connectivity index (χ0n) is 32.1. The lowest BCUT2D eigenvalue weighted by molar-refractivity contribution is 0.660. The minimum absolute atomic E-state index is 0.130. The average molecular weight is 708 g/mol. The fourth-order valence-corrected chi connectivity index (χ4v) is 9.86. The van der Waals surface area contributed by atoms with Crippen LogP contribution in [0.3, 0.4) is 0 Å². The van der Waals surface area contributed by atoms with E-state index in [0.717, 1.165) is 17.8 Å². The van der Waals surface area contributed by atoms with Gasteiger partial charge in [-0.25, -0.2) is 0 Å². The van der Waals surface area contributed by atoms with Crippen LogP contribution in [0.4, 0.5) is 17.1 Å². The Balaban J connectivity index is 1.29. The lowest BCUT2D eigenvalue weighted by Gasteiger charge is -2.37. The van der Waals surface area contributed by atoms with Crippen LogP contribution >= 0.6 is 0 Å². The topological polar surface area (TPSA) is 3.24 Å². The number of anilines is 3. The number of para-hydroxylation sites is 1. The first-order chi connectivity index (χ1) is 26.9. The van der Waals surface area contributed by atoms with Crippen molar-refractivity contribution >= 4 is 17.1 Å². The van der Waals surface area contributed by atoms with Crippen molar-refractivity contribution in [3.8, 4) is 33.4 Å². The summed E-state index contributed by atoms with van der Waals surface area (Å²) in [5.74, 6) is 0.515. The van der Waals surface area contributed by atoms with Crippen molar-refractivity contribution in [1.82, 2.24) is 0 Å². The lowest BCUT2D eigenvalue weighted by Crippen LogP contribution is -2.30. The fraction of sp³-hybridized carbons (Fsp3) is 0.148. The Labute approximate surface area is 326 Å². The summed E-state index contributed by atoms with van der Waals surface area (Å²) < 4.78 is 0. The molecular weight excluding hydrogens is 663 g/mol. The van der Waals surface area contributed by atoms with Gasteiger partial charge in [0.2, 0.25) is 0 Å². The van der Waals surface area contributed by atoms with Crippen molar-refractivity contribution in [2.24, 2.45) is 5.92 Å². The van der Waals surface area contributed by atoms with Crippen molar-refractivity contribution in [2.45, 2.75) is 44.9 Å². The molecule has 0 amide bonds. The smallest absolute Gasteiger partial charge is 0.0711 e. The Bertz CT molecular complexity index is 2670. The maximum Gasteiger partial charge on any atom is 0.0711 e. The van der Waals surface area contributed by atoms with Crippen LogP contribution in [-0.2, 0) is 10.8 Å². The number of fused-ring (bicyclic) bond motifs is 6. The molecule has 55 heavy (non-hydrogen) atoms. The molecule has 2 atom stereocenters. The van der Waals surface area contributed by atoms with Crippen molar-refractivity contribution in [3.05, 3.63) is 221 Å². The van der Waals surface area contributed by atoms with E-state index in [1.165, 1.54) is 78.0 Å². The average Bonchev–Trinajstić information content (AvgIpc) is 3.65. The van der Waals surface area contributed by atoms with E-state index < -0.39 is 5.41 Å². The second-order valence-electron chi connectivity index (χ2n) is 16.2. The molecule has 0 fully saturated rings. The molecule has 2 unspecified atom stereocenters. The molecule has 1 nitrogen and oxygen atoms in total. The zero-order chi connectivity index (χ0) is 37.3. The highest BCUT2D eigenvalue weighted by Crippen LogP contribution is 2.61. The molecule has 7 aromatic rings. The lowest BCUT2D eigenvalue weighted by atomic mass is 9.65. The molecule has 0 aliphatic heterocycles. The van der Waals surface area contributed by atoms with E-state index in [9.17, 15) is 0 Å². The van der Waals surface area contributed by atoms with Gasteiger partial charge >= 0.3 is 0 Å². The third-order valence-electron chi connectivity index (χ3n) is 12.6. The van der Waals surface area contributed by atoms with E-state index in [4.69, 9.17) is 0 Å². The Morgan fingerprint density at radius 1 is 0.545 bits per heavy atom. The maximum absolute atomic E-state index is 2.55. The second-order valence-corrected chi connectivity index (χ2v) is 16.2. The van der Waals surface area contributed by atoms with Crippen LogP contribution in [-0.4, -0.2) is 0 Å². The number of aryl methyl sites for hydroxylation is 1. The molecule has 0 bridgehead atoms. The first-order valence-corrected chi connectivity index (χ1v) is 19.8. The second kappa shape index (κ2) is 12.7. The zero-order valence-corrected chi connectivity index (χ0v) is 32.1. The Morgan fingerprint density at radius 3 is 1.95 bits per heavy atom. The van der Waals surface area contributed by atoms with E-state index in [-0.39, 0.29) is 5.41 Å². The standard InChI is InChI=1S/C54H45N/c1-36-25-29-39(30-26-36)54(40-31-27-37(2)28-32-40)47-21-12-9-19-45(47)52-48(54)22-14-24-51(52)55(50-23-13-10-17-42(50)38-15-6-5-7-16-38)41-33-34-44-43-18-8-11-20-46(43)53(3,4)49(44)35-41/h5-27,29-35,37H,28H2,1-4H3. The Kier molecular flexibility index (Phi) is 7.72. The van der Waals surface area contributed by atoms with Gasteiger partial charge in [-0.2, -0.15) is 0 Å². The molecule has 0 N–H and O–H groups in total. The van der Waals surface area contributed by atoms with Gasteiger partial charge in [-0.15, -0.1) is 0 Å². The maximum atomic E-state index is 2.55. The number of hydrogen-bond acceptors (Lipinski definition) is 1. The SMILES string of the molecule is Cc1ccc(C2(C3=CCC(C)C=C3)c3ccccc3-c3c(N(c4ccc5c(c4)C(C)(C)c4ccccc4-5)c4ccccc4-c4ccccc4)cccc32)cc1. The third-order valence-corrected chi connectivity index (χ3v) is 12.6. The van der Waals surface area contributed by atoms with Gasteiger partial charge < -0.3 is 4.90 Å². The van der Waals surface area contributed by atoms with Gasteiger partial charge in [0.1, 0.15) is 0 Å². The predicted molar refractivity (Wildman–Crippen MR) is 232 cm³/mol. The number of allylic oxidation sites excluding steroid dienone is 4. The van der Waals surface area contributed by atoms with Gasteiger partial charge in [0.15, 0.2) is 0 Å². The highest BCUT2D eigenvalue weighted by molar-refractivity contribution is 6.00. The van der Waals surface area contributed by atoms with Crippen LogP contribution in [0.15, 0.2) is 188 Å². The monoisotopic (exact) mass is 707 g/mol. The molecule has 0 saturated carbocycles. The normalized spacial score (nSPS) is 18.5. The summed E-state index contributed by atoms with van der Waals surface area (Å²) in [6.07, 6.45) is 8.35. The van der Waals surface area contributed by atoms with Gasteiger partial charge in [-0.3, -0.25) is 0 Å². The van der Waals surface area contributed by atoms with Gasteiger partial charge in [0.05, 0.1) is 16.8 Å². The molecule has 0 saturated heterocycles. The molecule has 3 aliphatic carbocycles. The highest BCUT2D eigenvalue weighted by Gasteiger charge is 2.48. The van der Waals surface area contributed by atoms with Gasteiger partial charge in [0.25, 0.3) is 0 Å². The largest absolute Gasteiger partial charge is 0.309 e. The predicted octanol–water partition coefficient (Wildman–Crippen LogP) is 14.3. The van der Waals surface area contributed by atoms with Crippen molar-refractivity contribution in [2.75, 3.05) is 4.90 Å². The molecule has 3 aliphatic rings. The summed E-state index contributed by atoms with van der Waals surface area (Å²) in [6.45, 7) is 9.26. The van der Waals surface area contributed by atoms with E-state index in [1.807, 2.05) is 0 Å². The van der Waals surface area contributed by atoms with Crippen LogP contribution in [0, 0.1) is 12.8 Å². The highest BCUT2D eigenvalue weighted by atomic mass is 15.1. The molecule has 1 heteroatoms. The van der Waals surface area contributed by atoms with Crippen LogP contribution in [0.25, 0.3) is 33.4 Å². The van der Waals surface area contributed by atoms with Crippen LogP contribution in [0.1, 0.15) is 60.6 Å². The first-order valence-electron chi connectivity index (χ1n) is 19.8. The summed E-state index contributed by atoms with van der Waals surface area (Å²) in [4.78, 5) is 2.55. The first kappa shape index (κ1) is 33.4. The number of hydrogen-bond donors (Lipinski definition) is 0. The van der Waals surface area contributed by atoms with Crippen LogP contribution in [0.2, 0.25) is 0 Å². The molecule has 0 spiro atoms. The van der Waals surface area contributed by atoms with Crippen molar-refractivity contribution < 1.29 is 0 Å². The van der Waals surface area contributed by atoms with Gasteiger partial charge in [-0.1, -0.05) is 184 Å². The Morgan fingerprint density at radius 2 is 1.18 bits per heavy atom. The summed E-state index contributed by atoms with van der Waals surface area (Å²) in [5.41, 5.74) is 19.9. The van der Waals surface area contributed by atoms with Crippen LogP contribution < -0.4 is 4.90 Å². The van der Waals surface area contributed by atoms with Crippen molar-refractivity contribution in [3.63, 3.8) is 0 Å². The molecule has 0 aromatic heterocycles. The van der Waals surface area contributed by atoms with E-state index in [2.05, 4.69) is 215 Å². The summed E-state index contributed by atoms with van der Waals surface area (Å²) >= 11 is 0. The Hall–Kier alpha value is -6.18. The van der Waals surface area contributed by atoms with E-state index >= 15 is 0 Å². The number of rotatable bonds is 6. The quantitative estimate of drug-likeness (QED) is 0.166. The summed E-state index contributed by atoms with van der Waals surface area (Å²) in [5, 5.41) is 0. The molecule has 7 aromatic carbocycles. The fourth-order valence-electron chi connectivity index (χ4n) is 9.86. The third kappa shape index (κ3) is 4.99. The van der Waals surface area contributed by atoms with Crippen molar-refractivity contribution in [1.29, 1.82) is 0 Å². The molecule has 266 valence electrons. The summed E-state index contributed by atoms with van der Waals surface area (Å²) in [7, 11) is 0. The number of benzene rings is 7. The minimum atomic E-state index is -0.460. The van der Waals surface area contributed by atoms with Crippen LogP contribution in [0.5, 0.6) is 0 Å². The van der Waals surface area contributed by atoms with E-state index in [1.54, 1.807) is 0 Å². The van der Waals surface area contributed by atoms with Gasteiger partial charge in [-0.05, 0) is 99.2 Å². The molecular formula is C54H45N.